The molecule has 150 valence electrons. The molecule has 4 rings (SSSR count). The molecule has 6 nitrogen and oxygen atoms in total. The van der Waals surface area contributed by atoms with Crippen molar-refractivity contribution < 1.29 is 18.7 Å². The summed E-state index contributed by atoms with van der Waals surface area (Å²) in [5, 5.41) is 0.852. The summed E-state index contributed by atoms with van der Waals surface area (Å²) in [4.78, 5) is 30.7. The molecule has 0 unspecified atom stereocenters. The number of rotatable bonds is 4. The van der Waals surface area contributed by atoms with E-state index in [4.69, 9.17) is 32.4 Å². The topological polar surface area (TPSA) is 72.6 Å². The summed E-state index contributed by atoms with van der Waals surface area (Å²) in [5.74, 6) is -0.548. The first-order valence-electron chi connectivity index (χ1n) is 9.21. The fraction of sp³-hybridized carbons (Fsp3) is 0.286. The van der Waals surface area contributed by atoms with Gasteiger partial charge in [0.25, 0.3) is 0 Å². The Morgan fingerprint density at radius 1 is 1.31 bits per heavy atom. The third kappa shape index (κ3) is 3.70. The molecule has 1 aliphatic rings. The number of ether oxygens (including phenoxy) is 1. The number of oxazole rings is 1. The average molecular weight is 433 g/mol. The molecule has 0 saturated carbocycles. The number of fused-ring (bicyclic) bond motifs is 1. The second-order valence-corrected chi connectivity index (χ2v) is 7.76. The van der Waals surface area contributed by atoms with Crippen LogP contribution in [-0.2, 0) is 14.3 Å². The van der Waals surface area contributed by atoms with Gasteiger partial charge in [-0.25, -0.2) is 4.98 Å². The molecule has 0 radical (unpaired) electrons. The van der Waals surface area contributed by atoms with Crippen LogP contribution in [0.2, 0.25) is 10.0 Å². The predicted molar refractivity (Wildman–Crippen MR) is 111 cm³/mol. The van der Waals surface area contributed by atoms with Gasteiger partial charge in [-0.05, 0) is 43.7 Å². The van der Waals surface area contributed by atoms with Gasteiger partial charge in [-0.3, -0.25) is 9.59 Å². The summed E-state index contributed by atoms with van der Waals surface area (Å²) in [5.41, 5.74) is 3.32. The predicted octanol–water partition coefficient (Wildman–Crippen LogP) is 5.03. The van der Waals surface area contributed by atoms with Crippen LogP contribution in [0.1, 0.15) is 18.9 Å². The smallest absolute Gasteiger partial charge is 0.311 e. The third-order valence-corrected chi connectivity index (χ3v) is 5.40. The van der Waals surface area contributed by atoms with E-state index in [2.05, 4.69) is 4.98 Å². The van der Waals surface area contributed by atoms with E-state index in [0.29, 0.717) is 44.9 Å². The number of halogens is 2. The van der Waals surface area contributed by atoms with Crippen LogP contribution < -0.4 is 4.90 Å². The van der Waals surface area contributed by atoms with Crippen molar-refractivity contribution in [3.63, 3.8) is 0 Å². The normalized spacial score (nSPS) is 16.6. The number of anilines is 1. The fourth-order valence-electron chi connectivity index (χ4n) is 3.47. The standard InChI is InChI=1S/C21H18Cl2N2O4/c1-3-28-21(27)13-7-18(26)25(10-13)17-6-12(5-4-11(17)2)20-24-16-9-14(22)8-15(23)19(16)29-20/h4-6,8-9,13H,3,7,10H2,1-2H3/t13-/m0/s1. The summed E-state index contributed by atoms with van der Waals surface area (Å²) in [6, 6.07) is 8.86. The Morgan fingerprint density at radius 3 is 2.86 bits per heavy atom. The maximum Gasteiger partial charge on any atom is 0.311 e. The zero-order valence-electron chi connectivity index (χ0n) is 15.9. The molecule has 0 spiro atoms. The molecule has 0 N–H and O–H groups in total. The number of carbonyl (C=O) groups excluding carboxylic acids is 2. The molecule has 29 heavy (non-hydrogen) atoms. The minimum atomic E-state index is -0.462. The molecular weight excluding hydrogens is 415 g/mol. The van der Waals surface area contributed by atoms with Crippen LogP contribution in [0.5, 0.6) is 0 Å². The lowest BCUT2D eigenvalue weighted by Gasteiger charge is -2.19. The molecule has 0 aliphatic carbocycles. The molecule has 1 amide bonds. The van der Waals surface area contributed by atoms with E-state index in [-0.39, 0.29) is 24.8 Å². The lowest BCUT2D eigenvalue weighted by Crippen LogP contribution is -2.27. The Labute approximate surface area is 177 Å². The van der Waals surface area contributed by atoms with Crippen molar-refractivity contribution in [2.24, 2.45) is 5.92 Å². The van der Waals surface area contributed by atoms with Gasteiger partial charge in [0.15, 0.2) is 5.58 Å². The highest BCUT2D eigenvalue weighted by molar-refractivity contribution is 6.38. The molecular formula is C21H18Cl2N2O4. The number of carbonyl (C=O) groups is 2. The molecule has 0 bridgehead atoms. The molecule has 2 heterocycles. The molecule has 1 fully saturated rings. The Bertz CT molecular complexity index is 1130. The highest BCUT2D eigenvalue weighted by Gasteiger charge is 2.36. The fourth-order valence-corrected chi connectivity index (χ4v) is 4.00. The summed E-state index contributed by atoms with van der Waals surface area (Å²) in [6.45, 7) is 4.24. The zero-order chi connectivity index (χ0) is 20.7. The highest BCUT2D eigenvalue weighted by Crippen LogP contribution is 2.35. The first-order valence-corrected chi connectivity index (χ1v) is 9.96. The van der Waals surface area contributed by atoms with Gasteiger partial charge in [-0.2, -0.15) is 0 Å². The van der Waals surface area contributed by atoms with Crippen LogP contribution in [-0.4, -0.2) is 30.0 Å². The molecule has 1 aromatic heterocycles. The zero-order valence-corrected chi connectivity index (χ0v) is 17.4. The number of aryl methyl sites for hydroxylation is 1. The van der Waals surface area contributed by atoms with Crippen LogP contribution in [0.4, 0.5) is 5.69 Å². The molecule has 1 saturated heterocycles. The Hall–Kier alpha value is -2.57. The second kappa shape index (κ2) is 7.69. The van der Waals surface area contributed by atoms with Crippen molar-refractivity contribution in [2.45, 2.75) is 20.3 Å². The van der Waals surface area contributed by atoms with E-state index in [0.717, 1.165) is 5.56 Å². The minimum Gasteiger partial charge on any atom is -0.466 e. The van der Waals surface area contributed by atoms with Crippen LogP contribution >= 0.6 is 23.2 Å². The first kappa shape index (κ1) is 19.7. The van der Waals surface area contributed by atoms with Crippen molar-refractivity contribution in [3.05, 3.63) is 45.9 Å². The van der Waals surface area contributed by atoms with Gasteiger partial charge in [-0.15, -0.1) is 0 Å². The van der Waals surface area contributed by atoms with E-state index >= 15 is 0 Å². The lowest BCUT2D eigenvalue weighted by atomic mass is 10.1. The maximum atomic E-state index is 12.6. The molecule has 8 heteroatoms. The second-order valence-electron chi connectivity index (χ2n) is 6.91. The average Bonchev–Trinajstić information content (AvgIpc) is 3.26. The number of nitrogens with zero attached hydrogens (tertiary/aromatic N) is 2. The molecule has 2 aromatic carbocycles. The van der Waals surface area contributed by atoms with Gasteiger partial charge in [0.05, 0.1) is 17.5 Å². The number of benzene rings is 2. The quantitative estimate of drug-likeness (QED) is 0.540. The first-order chi connectivity index (χ1) is 13.9. The number of hydrogen-bond acceptors (Lipinski definition) is 5. The van der Waals surface area contributed by atoms with Gasteiger partial charge in [0, 0.05) is 29.2 Å². The summed E-state index contributed by atoms with van der Waals surface area (Å²) in [7, 11) is 0. The number of amides is 1. The van der Waals surface area contributed by atoms with Crippen LogP contribution in [0, 0.1) is 12.8 Å². The number of aromatic nitrogens is 1. The van der Waals surface area contributed by atoms with Crippen molar-refractivity contribution in [1.82, 2.24) is 4.98 Å². The third-order valence-electron chi connectivity index (χ3n) is 4.90. The van der Waals surface area contributed by atoms with Crippen molar-refractivity contribution in [3.8, 4) is 11.5 Å². The van der Waals surface area contributed by atoms with E-state index in [1.165, 1.54) is 0 Å². The van der Waals surface area contributed by atoms with Gasteiger partial charge in [0.2, 0.25) is 11.8 Å². The molecule has 1 atom stereocenters. The maximum absolute atomic E-state index is 12.6. The summed E-state index contributed by atoms with van der Waals surface area (Å²) >= 11 is 12.2. The Morgan fingerprint density at radius 2 is 2.10 bits per heavy atom. The Balaban J connectivity index is 1.69. The van der Waals surface area contributed by atoms with E-state index in [1.54, 1.807) is 24.0 Å². The van der Waals surface area contributed by atoms with E-state index in [1.807, 2.05) is 25.1 Å². The van der Waals surface area contributed by atoms with Crippen molar-refractivity contribution >= 4 is 51.9 Å². The van der Waals surface area contributed by atoms with Crippen molar-refractivity contribution in [2.75, 3.05) is 18.1 Å². The minimum absolute atomic E-state index is 0.115. The van der Waals surface area contributed by atoms with Crippen LogP contribution in [0.25, 0.3) is 22.6 Å². The van der Waals surface area contributed by atoms with Crippen LogP contribution in [0.3, 0.4) is 0 Å². The molecule has 1 aliphatic heterocycles. The summed E-state index contributed by atoms with van der Waals surface area (Å²) < 4.78 is 10.9. The largest absolute Gasteiger partial charge is 0.466 e. The SMILES string of the molecule is CCOC(=O)[C@H]1CC(=O)N(c2cc(-c3nc4cc(Cl)cc(Cl)c4o3)ccc2C)C1. The molecule has 3 aromatic rings. The highest BCUT2D eigenvalue weighted by atomic mass is 35.5. The van der Waals surface area contributed by atoms with Gasteiger partial charge in [0.1, 0.15) is 5.52 Å². The van der Waals surface area contributed by atoms with Crippen LogP contribution in [0.15, 0.2) is 34.7 Å². The van der Waals surface area contributed by atoms with Gasteiger partial charge in [-0.1, -0.05) is 29.3 Å². The monoisotopic (exact) mass is 432 g/mol. The van der Waals surface area contributed by atoms with Gasteiger partial charge >= 0.3 is 5.97 Å². The summed E-state index contributed by atoms with van der Waals surface area (Å²) in [6.07, 6.45) is 0.138. The van der Waals surface area contributed by atoms with E-state index in [9.17, 15) is 9.59 Å². The van der Waals surface area contributed by atoms with E-state index < -0.39 is 5.92 Å². The number of esters is 1. The van der Waals surface area contributed by atoms with Crippen molar-refractivity contribution in [1.29, 1.82) is 0 Å². The lowest BCUT2D eigenvalue weighted by molar-refractivity contribution is -0.147. The Kier molecular flexibility index (Phi) is 5.23. The van der Waals surface area contributed by atoms with Gasteiger partial charge < -0.3 is 14.1 Å². The number of hydrogen-bond donors (Lipinski definition) is 0.